The van der Waals surface area contributed by atoms with Crippen molar-refractivity contribution in [1.29, 1.82) is 0 Å². The fraction of sp³-hybridized carbons (Fsp3) is 0.450. The minimum Gasteiger partial charge on any atom is -0.494 e. The molecule has 0 saturated carbocycles. The molecule has 2 fully saturated rings. The van der Waals surface area contributed by atoms with Crippen molar-refractivity contribution in [3.63, 3.8) is 0 Å². The van der Waals surface area contributed by atoms with Gasteiger partial charge in [-0.15, -0.1) is 5.10 Å². The minimum absolute atomic E-state index is 0.212. The van der Waals surface area contributed by atoms with Crippen LogP contribution in [0.4, 0.5) is 0 Å². The van der Waals surface area contributed by atoms with Crippen LogP contribution in [0.1, 0.15) is 18.9 Å². The molecule has 5 rings (SSSR count). The predicted molar refractivity (Wildman–Crippen MR) is 104 cm³/mol. The molecule has 2 aliphatic rings. The van der Waals surface area contributed by atoms with Crippen LogP contribution in [0.5, 0.6) is 5.75 Å². The molecule has 2 aliphatic heterocycles. The smallest absolute Gasteiger partial charge is 0.144 e. The maximum Gasteiger partial charge on any atom is 0.144 e. The van der Waals surface area contributed by atoms with Crippen molar-refractivity contribution >= 4 is 0 Å². The van der Waals surface area contributed by atoms with Crippen molar-refractivity contribution in [1.82, 2.24) is 29.7 Å². The maximum atomic E-state index is 5.78. The van der Waals surface area contributed by atoms with Crippen molar-refractivity contribution < 1.29 is 9.47 Å². The Hall–Kier alpha value is -2.71. The lowest BCUT2D eigenvalue weighted by molar-refractivity contribution is 0.158. The molecule has 0 spiro atoms. The standard InChI is InChI=1S/C20H24N6O2/c1-27-20-7-3-2-6-17(20)25-11-15(10-21-25)16-12-26(23-22-16)19-14-28-13-18(19)24-8-4-5-9-24/h2-3,6-7,10-12,18-19H,4-5,8-9,13-14H2,1H3/t18-,19-/m1/s1. The largest absolute Gasteiger partial charge is 0.494 e. The number of aromatic nitrogens is 5. The van der Waals surface area contributed by atoms with Crippen LogP contribution in [0.15, 0.2) is 42.9 Å². The van der Waals surface area contributed by atoms with Gasteiger partial charge in [-0.2, -0.15) is 5.10 Å². The normalized spacial score (nSPS) is 22.8. The molecule has 146 valence electrons. The van der Waals surface area contributed by atoms with Gasteiger partial charge in [-0.1, -0.05) is 17.3 Å². The second-order valence-electron chi connectivity index (χ2n) is 7.34. The number of hydrogen-bond acceptors (Lipinski definition) is 6. The zero-order chi connectivity index (χ0) is 18.9. The zero-order valence-corrected chi connectivity index (χ0v) is 15.9. The quantitative estimate of drug-likeness (QED) is 0.676. The van der Waals surface area contributed by atoms with Crippen molar-refractivity contribution in [3.05, 3.63) is 42.9 Å². The number of nitrogens with zero attached hydrogens (tertiary/aromatic N) is 6. The molecule has 8 nitrogen and oxygen atoms in total. The van der Waals surface area contributed by atoms with E-state index < -0.39 is 0 Å². The number of likely N-dealkylation sites (tertiary alicyclic amines) is 1. The van der Waals surface area contributed by atoms with Gasteiger partial charge in [-0.3, -0.25) is 4.90 Å². The lowest BCUT2D eigenvalue weighted by Crippen LogP contribution is -2.39. The summed E-state index contributed by atoms with van der Waals surface area (Å²) in [6.07, 6.45) is 8.31. The van der Waals surface area contributed by atoms with Gasteiger partial charge in [-0.25, -0.2) is 9.36 Å². The van der Waals surface area contributed by atoms with E-state index >= 15 is 0 Å². The summed E-state index contributed by atoms with van der Waals surface area (Å²) < 4.78 is 15.0. The van der Waals surface area contributed by atoms with Gasteiger partial charge in [0.05, 0.1) is 44.8 Å². The summed E-state index contributed by atoms with van der Waals surface area (Å²) >= 11 is 0. The molecule has 0 bridgehead atoms. The monoisotopic (exact) mass is 380 g/mol. The first kappa shape index (κ1) is 17.4. The van der Waals surface area contributed by atoms with Gasteiger partial charge in [-0.05, 0) is 38.1 Å². The lowest BCUT2D eigenvalue weighted by Gasteiger charge is -2.27. The van der Waals surface area contributed by atoms with Gasteiger partial charge in [0.1, 0.15) is 17.1 Å². The Morgan fingerprint density at radius 3 is 2.75 bits per heavy atom. The number of hydrogen-bond donors (Lipinski definition) is 0. The highest BCUT2D eigenvalue weighted by Gasteiger charge is 2.36. The third kappa shape index (κ3) is 3.08. The summed E-state index contributed by atoms with van der Waals surface area (Å²) in [5.41, 5.74) is 2.63. The highest BCUT2D eigenvalue weighted by Crippen LogP contribution is 2.29. The SMILES string of the molecule is COc1ccccc1-n1cc(-c2cn([C@@H]3COC[C@H]3N3CCCC3)nn2)cn1. The van der Waals surface area contributed by atoms with Crippen molar-refractivity contribution in [3.8, 4) is 22.7 Å². The van der Waals surface area contributed by atoms with Crippen molar-refractivity contribution in [2.45, 2.75) is 24.9 Å². The molecular formula is C20H24N6O2. The number of methoxy groups -OCH3 is 1. The summed E-state index contributed by atoms with van der Waals surface area (Å²) in [6, 6.07) is 8.40. The third-order valence-corrected chi connectivity index (χ3v) is 5.69. The van der Waals surface area contributed by atoms with E-state index in [1.165, 1.54) is 12.8 Å². The molecule has 2 atom stereocenters. The molecular weight excluding hydrogens is 356 g/mol. The number of rotatable bonds is 5. The van der Waals surface area contributed by atoms with Crippen molar-refractivity contribution in [2.75, 3.05) is 33.4 Å². The zero-order valence-electron chi connectivity index (χ0n) is 15.9. The number of benzene rings is 1. The van der Waals surface area contributed by atoms with E-state index in [1.807, 2.05) is 47.5 Å². The Bertz CT molecular complexity index is 946. The Morgan fingerprint density at radius 2 is 1.89 bits per heavy atom. The van der Waals surface area contributed by atoms with Crippen LogP contribution in [0.3, 0.4) is 0 Å². The van der Waals surface area contributed by atoms with Gasteiger partial charge in [0.2, 0.25) is 0 Å². The second kappa shape index (κ2) is 7.37. The average Bonchev–Trinajstić information content (AvgIpc) is 3.53. The van der Waals surface area contributed by atoms with Crippen LogP contribution in [-0.2, 0) is 4.74 Å². The first-order valence-corrected chi connectivity index (χ1v) is 9.75. The topological polar surface area (TPSA) is 70.2 Å². The molecule has 4 heterocycles. The van der Waals surface area contributed by atoms with Crippen molar-refractivity contribution in [2.24, 2.45) is 0 Å². The summed E-state index contributed by atoms with van der Waals surface area (Å²) in [5.74, 6) is 0.775. The molecule has 0 radical (unpaired) electrons. The van der Waals surface area contributed by atoms with E-state index in [0.29, 0.717) is 12.6 Å². The average molecular weight is 380 g/mol. The molecule has 3 aromatic rings. The molecule has 0 unspecified atom stereocenters. The van der Waals surface area contributed by atoms with Gasteiger partial charge < -0.3 is 9.47 Å². The van der Waals surface area contributed by atoms with Crippen LogP contribution in [-0.4, -0.2) is 69.1 Å². The highest BCUT2D eigenvalue weighted by atomic mass is 16.5. The van der Waals surface area contributed by atoms with Crippen LogP contribution in [0.2, 0.25) is 0 Å². The van der Waals surface area contributed by atoms with Crippen LogP contribution in [0, 0.1) is 0 Å². The Morgan fingerprint density at radius 1 is 1.07 bits per heavy atom. The van der Waals surface area contributed by atoms with Crippen LogP contribution in [0.25, 0.3) is 16.9 Å². The van der Waals surface area contributed by atoms with Gasteiger partial charge >= 0.3 is 0 Å². The Balaban J connectivity index is 1.39. The molecule has 2 saturated heterocycles. The Kier molecular flexibility index (Phi) is 4.58. The molecule has 0 aliphatic carbocycles. The predicted octanol–water partition coefficient (Wildman–Crippen LogP) is 2.18. The molecule has 28 heavy (non-hydrogen) atoms. The number of ether oxygens (including phenoxy) is 2. The summed E-state index contributed by atoms with van der Waals surface area (Å²) in [5, 5.41) is 13.3. The van der Waals surface area contributed by atoms with E-state index in [0.717, 1.165) is 42.4 Å². The van der Waals surface area contributed by atoms with E-state index in [4.69, 9.17) is 9.47 Å². The summed E-state index contributed by atoms with van der Waals surface area (Å²) in [6.45, 7) is 3.76. The van der Waals surface area contributed by atoms with Crippen LogP contribution >= 0.6 is 0 Å². The fourth-order valence-electron chi connectivity index (χ4n) is 4.18. The second-order valence-corrected chi connectivity index (χ2v) is 7.34. The third-order valence-electron chi connectivity index (χ3n) is 5.69. The molecule has 0 amide bonds. The van der Waals surface area contributed by atoms with Gasteiger partial charge in [0.25, 0.3) is 0 Å². The van der Waals surface area contributed by atoms with E-state index in [-0.39, 0.29) is 6.04 Å². The molecule has 8 heteroatoms. The Labute approximate surface area is 163 Å². The van der Waals surface area contributed by atoms with E-state index in [2.05, 4.69) is 20.3 Å². The highest BCUT2D eigenvalue weighted by molar-refractivity contribution is 5.57. The molecule has 1 aromatic carbocycles. The number of para-hydroxylation sites is 2. The van der Waals surface area contributed by atoms with E-state index in [1.54, 1.807) is 11.8 Å². The fourth-order valence-corrected chi connectivity index (χ4v) is 4.18. The maximum absolute atomic E-state index is 5.78. The summed E-state index contributed by atoms with van der Waals surface area (Å²) in [7, 11) is 1.66. The first-order chi connectivity index (χ1) is 13.8. The lowest BCUT2D eigenvalue weighted by atomic mass is 10.1. The van der Waals surface area contributed by atoms with E-state index in [9.17, 15) is 0 Å². The molecule has 0 N–H and O–H groups in total. The first-order valence-electron chi connectivity index (χ1n) is 9.75. The van der Waals surface area contributed by atoms with Gasteiger partial charge in [0, 0.05) is 11.8 Å². The molecule has 2 aromatic heterocycles. The minimum atomic E-state index is 0.212. The van der Waals surface area contributed by atoms with Crippen LogP contribution < -0.4 is 4.74 Å². The van der Waals surface area contributed by atoms with Gasteiger partial charge in [0.15, 0.2) is 0 Å². The summed E-state index contributed by atoms with van der Waals surface area (Å²) in [4.78, 5) is 2.53.